The Labute approximate surface area is 211 Å². The van der Waals surface area contributed by atoms with Gasteiger partial charge in [0, 0.05) is 37.6 Å². The van der Waals surface area contributed by atoms with Gasteiger partial charge in [0.2, 0.25) is 5.91 Å². The van der Waals surface area contributed by atoms with Gasteiger partial charge in [0.1, 0.15) is 6.04 Å². The maximum Gasteiger partial charge on any atom is 0.416 e. The van der Waals surface area contributed by atoms with E-state index < -0.39 is 35.8 Å². The summed E-state index contributed by atoms with van der Waals surface area (Å²) >= 11 is 0. The number of para-hydroxylation sites is 1. The number of piperazine rings is 1. The lowest BCUT2D eigenvalue weighted by atomic mass is 10.1. The van der Waals surface area contributed by atoms with Gasteiger partial charge in [-0.15, -0.1) is 0 Å². The van der Waals surface area contributed by atoms with Crippen LogP contribution in [-0.4, -0.2) is 72.7 Å². The van der Waals surface area contributed by atoms with Crippen LogP contribution in [-0.2, 0) is 15.7 Å². The van der Waals surface area contributed by atoms with E-state index in [1.807, 2.05) is 6.07 Å². The number of hydrogen-bond donors (Lipinski definition) is 3. The molecule has 2 saturated heterocycles. The minimum absolute atomic E-state index is 0.0805. The lowest BCUT2D eigenvalue weighted by molar-refractivity contribution is -0.137. The van der Waals surface area contributed by atoms with E-state index in [-0.39, 0.29) is 31.4 Å². The van der Waals surface area contributed by atoms with Gasteiger partial charge in [-0.05, 0) is 49.2 Å². The van der Waals surface area contributed by atoms with Gasteiger partial charge in [-0.1, -0.05) is 18.2 Å². The van der Waals surface area contributed by atoms with Crippen molar-refractivity contribution >= 4 is 29.3 Å². The third-order valence-electron chi connectivity index (χ3n) is 6.25. The highest BCUT2D eigenvalue weighted by molar-refractivity contribution is 5.95. The van der Waals surface area contributed by atoms with Crippen LogP contribution in [0.15, 0.2) is 54.6 Å². The molecule has 2 unspecified atom stereocenters. The molecule has 0 bridgehead atoms. The number of rotatable bonds is 5. The Morgan fingerprint density at radius 2 is 1.59 bits per heavy atom. The van der Waals surface area contributed by atoms with Crippen molar-refractivity contribution in [2.45, 2.75) is 31.2 Å². The van der Waals surface area contributed by atoms with E-state index in [4.69, 9.17) is 4.74 Å². The predicted molar refractivity (Wildman–Crippen MR) is 130 cm³/mol. The summed E-state index contributed by atoms with van der Waals surface area (Å²) in [7, 11) is 0. The number of alkyl halides is 3. The molecule has 5 amide bonds. The third kappa shape index (κ3) is 6.91. The van der Waals surface area contributed by atoms with Crippen molar-refractivity contribution in [1.29, 1.82) is 0 Å². The Kier molecular flexibility index (Phi) is 8.17. The number of nitrogens with one attached hydrogen (secondary N) is 3. The molecule has 0 aromatic heterocycles. The number of amides is 5. The summed E-state index contributed by atoms with van der Waals surface area (Å²) in [6.45, 7) is 1.04. The Hall–Kier alpha value is -3.80. The van der Waals surface area contributed by atoms with Gasteiger partial charge >= 0.3 is 18.2 Å². The van der Waals surface area contributed by atoms with Crippen LogP contribution in [0.3, 0.4) is 0 Å². The van der Waals surface area contributed by atoms with Crippen molar-refractivity contribution in [2.24, 2.45) is 0 Å². The lowest BCUT2D eigenvalue weighted by Gasteiger charge is -2.40. The quantitative estimate of drug-likeness (QED) is 0.560. The van der Waals surface area contributed by atoms with Gasteiger partial charge in [0.15, 0.2) is 0 Å². The van der Waals surface area contributed by atoms with Crippen LogP contribution >= 0.6 is 0 Å². The van der Waals surface area contributed by atoms with Gasteiger partial charge in [0.25, 0.3) is 0 Å². The van der Waals surface area contributed by atoms with E-state index in [0.29, 0.717) is 18.8 Å². The molecule has 2 aromatic rings. The fourth-order valence-electron chi connectivity index (χ4n) is 4.23. The minimum Gasteiger partial charge on any atom is -0.376 e. The molecule has 2 heterocycles. The topological polar surface area (TPSA) is 103 Å². The van der Waals surface area contributed by atoms with Crippen LogP contribution in [0, 0.1) is 0 Å². The molecule has 9 nitrogen and oxygen atoms in total. The Morgan fingerprint density at radius 3 is 2.24 bits per heavy atom. The van der Waals surface area contributed by atoms with E-state index in [2.05, 4.69) is 16.0 Å². The number of carbonyl (C=O) groups excluding carboxylic acids is 3. The number of anilines is 2. The summed E-state index contributed by atoms with van der Waals surface area (Å²) in [6, 6.07) is 10.8. The fourth-order valence-corrected chi connectivity index (χ4v) is 4.23. The number of halogens is 3. The molecule has 0 aliphatic carbocycles. The maximum absolute atomic E-state index is 13.1. The van der Waals surface area contributed by atoms with Crippen LogP contribution in [0.5, 0.6) is 0 Å². The van der Waals surface area contributed by atoms with Crippen LogP contribution in [0.1, 0.15) is 18.4 Å². The first-order valence-corrected chi connectivity index (χ1v) is 12.0. The molecule has 2 aliphatic heterocycles. The van der Waals surface area contributed by atoms with E-state index in [0.717, 1.165) is 37.1 Å². The monoisotopic (exact) mass is 519 g/mol. The molecule has 2 aliphatic rings. The first-order valence-electron chi connectivity index (χ1n) is 12.0. The summed E-state index contributed by atoms with van der Waals surface area (Å²) in [4.78, 5) is 41.8. The molecule has 0 spiro atoms. The molecule has 198 valence electrons. The molecule has 2 fully saturated rings. The summed E-state index contributed by atoms with van der Waals surface area (Å²) in [5.41, 5.74) is -0.0818. The van der Waals surface area contributed by atoms with Gasteiger partial charge in [0.05, 0.1) is 18.2 Å². The molecule has 0 saturated carbocycles. The zero-order valence-electron chi connectivity index (χ0n) is 20.0. The van der Waals surface area contributed by atoms with Gasteiger partial charge in [-0.3, -0.25) is 4.79 Å². The van der Waals surface area contributed by atoms with Crippen molar-refractivity contribution < 1.29 is 32.3 Å². The Morgan fingerprint density at radius 1 is 0.919 bits per heavy atom. The van der Waals surface area contributed by atoms with Crippen molar-refractivity contribution in [3.05, 3.63) is 60.2 Å². The number of nitrogens with zero attached hydrogens (tertiary/aromatic N) is 2. The van der Waals surface area contributed by atoms with Gasteiger partial charge in [-0.25, -0.2) is 9.59 Å². The van der Waals surface area contributed by atoms with E-state index in [1.165, 1.54) is 9.80 Å². The molecule has 12 heteroatoms. The average molecular weight is 520 g/mol. The highest BCUT2D eigenvalue weighted by atomic mass is 19.4. The standard InChI is InChI=1S/C25H28F3N5O4/c26-25(27,28)17-8-10-19(11-9-17)30-23(35)32-12-13-33(24(36)31-18-5-2-1-3-6-18)21(16-32)22(34)29-15-20-7-4-14-37-20/h1-3,5-6,8-11,20-21H,4,7,12-16H2,(H,29,34)(H,30,35)(H,31,36). The second-order valence-corrected chi connectivity index (χ2v) is 8.84. The maximum atomic E-state index is 13.1. The molecular formula is C25H28F3N5O4. The van der Waals surface area contributed by atoms with Crippen LogP contribution in [0.2, 0.25) is 0 Å². The molecule has 37 heavy (non-hydrogen) atoms. The smallest absolute Gasteiger partial charge is 0.376 e. The summed E-state index contributed by atoms with van der Waals surface area (Å²) in [6.07, 6.45) is -2.85. The molecule has 2 aromatic carbocycles. The summed E-state index contributed by atoms with van der Waals surface area (Å²) < 4.78 is 44.0. The molecule has 3 N–H and O–H groups in total. The first-order chi connectivity index (χ1) is 17.7. The van der Waals surface area contributed by atoms with Crippen LogP contribution in [0.25, 0.3) is 0 Å². The molecular weight excluding hydrogens is 491 g/mol. The van der Waals surface area contributed by atoms with Gasteiger partial charge < -0.3 is 30.5 Å². The third-order valence-corrected chi connectivity index (χ3v) is 6.25. The second-order valence-electron chi connectivity index (χ2n) is 8.84. The van der Waals surface area contributed by atoms with Crippen LogP contribution in [0.4, 0.5) is 34.1 Å². The molecule has 4 rings (SSSR count). The summed E-state index contributed by atoms with van der Waals surface area (Å²) in [5, 5.41) is 8.15. The highest BCUT2D eigenvalue weighted by Gasteiger charge is 2.37. The number of hydrogen-bond acceptors (Lipinski definition) is 4. The van der Waals surface area contributed by atoms with Crippen LogP contribution < -0.4 is 16.0 Å². The normalized spacial score (nSPS) is 19.9. The number of urea groups is 2. The Bertz CT molecular complexity index is 1090. The largest absolute Gasteiger partial charge is 0.416 e. The van der Waals surface area contributed by atoms with Crippen molar-refractivity contribution in [1.82, 2.24) is 15.1 Å². The zero-order valence-corrected chi connectivity index (χ0v) is 20.0. The van der Waals surface area contributed by atoms with Crippen molar-refractivity contribution in [2.75, 3.05) is 43.4 Å². The fraction of sp³-hybridized carbons (Fsp3) is 0.400. The number of benzene rings is 2. The molecule has 0 radical (unpaired) electrons. The molecule has 2 atom stereocenters. The van der Waals surface area contributed by atoms with E-state index >= 15 is 0 Å². The summed E-state index contributed by atoms with van der Waals surface area (Å²) in [5.74, 6) is -0.425. The predicted octanol–water partition coefficient (Wildman–Crippen LogP) is 3.75. The minimum atomic E-state index is -4.48. The number of ether oxygens (including phenoxy) is 1. The van der Waals surface area contributed by atoms with E-state index in [9.17, 15) is 27.6 Å². The second kappa shape index (κ2) is 11.5. The number of carbonyl (C=O) groups is 3. The van der Waals surface area contributed by atoms with Gasteiger partial charge in [-0.2, -0.15) is 13.2 Å². The van der Waals surface area contributed by atoms with Crippen molar-refractivity contribution in [3.63, 3.8) is 0 Å². The van der Waals surface area contributed by atoms with Crippen molar-refractivity contribution in [3.8, 4) is 0 Å². The SMILES string of the molecule is O=C(NCC1CCCO1)C1CN(C(=O)Nc2ccc(C(F)(F)F)cc2)CCN1C(=O)Nc1ccccc1. The lowest BCUT2D eigenvalue weighted by Crippen LogP contribution is -2.63. The Balaban J connectivity index is 1.43. The highest BCUT2D eigenvalue weighted by Crippen LogP contribution is 2.30. The zero-order chi connectivity index (χ0) is 26.4. The first kappa shape index (κ1) is 26.3. The van der Waals surface area contributed by atoms with E-state index in [1.54, 1.807) is 24.3 Å². The average Bonchev–Trinajstić information content (AvgIpc) is 3.41.